The second kappa shape index (κ2) is 8.99. The van der Waals surface area contributed by atoms with E-state index in [0.717, 1.165) is 18.7 Å². The van der Waals surface area contributed by atoms with Gasteiger partial charge in [-0.05, 0) is 50.6 Å². The Bertz CT molecular complexity index is 486. The summed E-state index contributed by atoms with van der Waals surface area (Å²) >= 11 is 0. The van der Waals surface area contributed by atoms with Crippen molar-refractivity contribution in [3.8, 4) is 0 Å². The Morgan fingerprint density at radius 2 is 1.87 bits per heavy atom. The highest BCUT2D eigenvalue weighted by molar-refractivity contribution is 5.81. The number of hydrogen-bond acceptors (Lipinski definition) is 3. The maximum atomic E-state index is 12.8. The molecule has 0 bridgehead atoms. The SMILES string of the molecule is C[C@H](NCC(C)(C)CN(C)C)C(=O)NCCc1ccc(F)cc1. The van der Waals surface area contributed by atoms with Crippen LogP contribution in [0.15, 0.2) is 24.3 Å². The van der Waals surface area contributed by atoms with E-state index in [1.54, 1.807) is 12.1 Å². The normalized spacial score (nSPS) is 13.2. The van der Waals surface area contributed by atoms with Crippen LogP contribution in [-0.2, 0) is 11.2 Å². The largest absolute Gasteiger partial charge is 0.354 e. The maximum absolute atomic E-state index is 12.8. The van der Waals surface area contributed by atoms with Crippen molar-refractivity contribution in [1.82, 2.24) is 15.5 Å². The molecule has 0 spiro atoms. The summed E-state index contributed by atoms with van der Waals surface area (Å²) in [6.45, 7) is 8.52. The Morgan fingerprint density at radius 1 is 1.26 bits per heavy atom. The van der Waals surface area contributed by atoms with Crippen LogP contribution in [0, 0.1) is 11.2 Å². The lowest BCUT2D eigenvalue weighted by atomic mass is 9.92. The van der Waals surface area contributed by atoms with E-state index in [1.165, 1.54) is 12.1 Å². The van der Waals surface area contributed by atoms with E-state index >= 15 is 0 Å². The Labute approximate surface area is 139 Å². The van der Waals surface area contributed by atoms with E-state index in [2.05, 4.69) is 29.4 Å². The molecule has 1 atom stereocenters. The highest BCUT2D eigenvalue weighted by Crippen LogP contribution is 2.14. The molecule has 0 saturated carbocycles. The lowest BCUT2D eigenvalue weighted by molar-refractivity contribution is -0.122. The third-order valence-corrected chi connectivity index (χ3v) is 3.65. The summed E-state index contributed by atoms with van der Waals surface area (Å²) in [5, 5.41) is 6.21. The lowest BCUT2D eigenvalue weighted by Gasteiger charge is -2.29. The lowest BCUT2D eigenvalue weighted by Crippen LogP contribution is -2.47. The molecular formula is C18H30FN3O. The van der Waals surface area contributed by atoms with Crippen LogP contribution in [0.2, 0.25) is 0 Å². The first-order chi connectivity index (χ1) is 10.7. The van der Waals surface area contributed by atoms with Gasteiger partial charge in [0.25, 0.3) is 0 Å². The van der Waals surface area contributed by atoms with E-state index in [0.29, 0.717) is 13.0 Å². The van der Waals surface area contributed by atoms with Gasteiger partial charge in [0, 0.05) is 19.6 Å². The number of nitrogens with one attached hydrogen (secondary N) is 2. The minimum absolute atomic E-state index is 0.00670. The van der Waals surface area contributed by atoms with Crippen molar-refractivity contribution in [1.29, 1.82) is 0 Å². The summed E-state index contributed by atoms with van der Waals surface area (Å²) in [5.41, 5.74) is 1.12. The summed E-state index contributed by atoms with van der Waals surface area (Å²) in [6, 6.07) is 6.13. The highest BCUT2D eigenvalue weighted by Gasteiger charge is 2.21. The first-order valence-corrected chi connectivity index (χ1v) is 8.10. The Kier molecular flexibility index (Phi) is 7.65. The summed E-state index contributed by atoms with van der Waals surface area (Å²) < 4.78 is 12.8. The van der Waals surface area contributed by atoms with Crippen molar-refractivity contribution in [2.75, 3.05) is 33.7 Å². The van der Waals surface area contributed by atoms with Crippen LogP contribution >= 0.6 is 0 Å². The zero-order valence-electron chi connectivity index (χ0n) is 14.9. The van der Waals surface area contributed by atoms with Crippen molar-refractivity contribution >= 4 is 5.91 Å². The van der Waals surface area contributed by atoms with Gasteiger partial charge in [-0.15, -0.1) is 0 Å². The third-order valence-electron chi connectivity index (χ3n) is 3.65. The molecule has 1 aromatic carbocycles. The molecule has 0 unspecified atom stereocenters. The molecule has 0 saturated heterocycles. The molecule has 1 amide bonds. The average Bonchev–Trinajstić information content (AvgIpc) is 2.45. The number of carbonyl (C=O) groups excluding carboxylic acids is 1. The van der Waals surface area contributed by atoms with E-state index in [4.69, 9.17) is 0 Å². The molecule has 23 heavy (non-hydrogen) atoms. The van der Waals surface area contributed by atoms with Gasteiger partial charge in [-0.1, -0.05) is 26.0 Å². The van der Waals surface area contributed by atoms with Crippen LogP contribution in [0.4, 0.5) is 4.39 Å². The molecule has 5 heteroatoms. The minimum Gasteiger partial charge on any atom is -0.354 e. The van der Waals surface area contributed by atoms with E-state index in [9.17, 15) is 9.18 Å². The van der Waals surface area contributed by atoms with Crippen LogP contribution in [0.5, 0.6) is 0 Å². The van der Waals surface area contributed by atoms with Crippen LogP contribution in [0.1, 0.15) is 26.3 Å². The molecule has 0 aliphatic rings. The smallest absolute Gasteiger partial charge is 0.236 e. The molecule has 130 valence electrons. The Morgan fingerprint density at radius 3 is 2.43 bits per heavy atom. The zero-order valence-corrected chi connectivity index (χ0v) is 14.9. The van der Waals surface area contributed by atoms with Gasteiger partial charge in [-0.2, -0.15) is 0 Å². The van der Waals surface area contributed by atoms with Gasteiger partial charge >= 0.3 is 0 Å². The van der Waals surface area contributed by atoms with E-state index < -0.39 is 0 Å². The molecular weight excluding hydrogens is 293 g/mol. The molecule has 4 nitrogen and oxygen atoms in total. The topological polar surface area (TPSA) is 44.4 Å². The number of hydrogen-bond donors (Lipinski definition) is 2. The molecule has 0 fully saturated rings. The van der Waals surface area contributed by atoms with E-state index in [-0.39, 0.29) is 23.2 Å². The molecule has 0 radical (unpaired) electrons. The van der Waals surface area contributed by atoms with Gasteiger partial charge in [0.15, 0.2) is 0 Å². The third kappa shape index (κ3) is 8.09. The van der Waals surface area contributed by atoms with Gasteiger partial charge in [-0.3, -0.25) is 4.79 Å². The maximum Gasteiger partial charge on any atom is 0.236 e. The van der Waals surface area contributed by atoms with Crippen LogP contribution in [0.25, 0.3) is 0 Å². The number of amides is 1. The van der Waals surface area contributed by atoms with Crippen molar-refractivity contribution in [3.05, 3.63) is 35.6 Å². The Balaban J connectivity index is 2.29. The second-order valence-electron chi connectivity index (χ2n) is 7.17. The Hall–Kier alpha value is -1.46. The van der Waals surface area contributed by atoms with Gasteiger partial charge in [0.1, 0.15) is 5.82 Å². The number of rotatable bonds is 9. The van der Waals surface area contributed by atoms with Gasteiger partial charge < -0.3 is 15.5 Å². The predicted molar refractivity (Wildman–Crippen MR) is 92.9 cm³/mol. The monoisotopic (exact) mass is 323 g/mol. The minimum atomic E-state index is -0.240. The van der Waals surface area contributed by atoms with Gasteiger partial charge in [0.05, 0.1) is 6.04 Å². The zero-order chi connectivity index (χ0) is 17.5. The first-order valence-electron chi connectivity index (χ1n) is 8.10. The molecule has 0 aliphatic heterocycles. The summed E-state index contributed by atoms with van der Waals surface area (Å²) in [6.07, 6.45) is 0.699. The molecule has 1 rings (SSSR count). The quantitative estimate of drug-likeness (QED) is 0.731. The van der Waals surface area contributed by atoms with E-state index in [1.807, 2.05) is 21.0 Å². The highest BCUT2D eigenvalue weighted by atomic mass is 19.1. The summed E-state index contributed by atoms with van der Waals surface area (Å²) in [4.78, 5) is 14.2. The standard InChI is InChI=1S/C18H30FN3O/c1-14(21-12-18(2,3)13-22(4)5)17(23)20-11-10-15-6-8-16(19)9-7-15/h6-9,14,21H,10-13H2,1-5H3,(H,20,23)/t14-/m0/s1. The number of halogens is 1. The molecule has 0 heterocycles. The molecule has 0 aliphatic carbocycles. The molecule has 1 aromatic rings. The average molecular weight is 323 g/mol. The van der Waals surface area contributed by atoms with Crippen molar-refractivity contribution in [3.63, 3.8) is 0 Å². The van der Waals surface area contributed by atoms with Crippen molar-refractivity contribution in [2.24, 2.45) is 5.41 Å². The van der Waals surface area contributed by atoms with Crippen molar-refractivity contribution in [2.45, 2.75) is 33.2 Å². The first kappa shape index (κ1) is 19.6. The fourth-order valence-electron chi connectivity index (χ4n) is 2.57. The van der Waals surface area contributed by atoms with Crippen LogP contribution in [0.3, 0.4) is 0 Å². The number of benzene rings is 1. The van der Waals surface area contributed by atoms with Crippen molar-refractivity contribution < 1.29 is 9.18 Å². The van der Waals surface area contributed by atoms with Crippen LogP contribution < -0.4 is 10.6 Å². The summed E-state index contributed by atoms with van der Waals surface area (Å²) in [7, 11) is 4.10. The van der Waals surface area contributed by atoms with Gasteiger partial charge in [-0.25, -0.2) is 4.39 Å². The molecule has 2 N–H and O–H groups in total. The second-order valence-corrected chi connectivity index (χ2v) is 7.17. The van der Waals surface area contributed by atoms with Gasteiger partial charge in [0.2, 0.25) is 5.91 Å². The predicted octanol–water partition coefficient (Wildman–Crippen LogP) is 2.05. The fourth-order valence-corrected chi connectivity index (χ4v) is 2.57. The number of carbonyl (C=O) groups is 1. The van der Waals surface area contributed by atoms with Crippen LogP contribution in [-0.4, -0.2) is 50.6 Å². The fraction of sp³-hybridized carbons (Fsp3) is 0.611. The number of nitrogens with zero attached hydrogens (tertiary/aromatic N) is 1. The summed E-state index contributed by atoms with van der Waals surface area (Å²) in [5.74, 6) is -0.247. The molecule has 0 aromatic heterocycles.